The first-order valence-electron chi connectivity index (χ1n) is 5.82. The van der Waals surface area contributed by atoms with Crippen molar-refractivity contribution in [3.8, 4) is 5.75 Å². The van der Waals surface area contributed by atoms with Gasteiger partial charge in [0.25, 0.3) is 0 Å². The molecule has 0 radical (unpaired) electrons. The van der Waals surface area contributed by atoms with Gasteiger partial charge in [0.05, 0.1) is 6.10 Å². The van der Waals surface area contributed by atoms with Gasteiger partial charge in [-0.1, -0.05) is 12.1 Å². The highest BCUT2D eigenvalue weighted by atomic mass is 16.5. The van der Waals surface area contributed by atoms with Crippen molar-refractivity contribution in [1.82, 2.24) is 0 Å². The highest BCUT2D eigenvalue weighted by molar-refractivity contribution is 5.34. The minimum absolute atomic E-state index is 0.0665. The third-order valence-corrected chi connectivity index (χ3v) is 3.48. The summed E-state index contributed by atoms with van der Waals surface area (Å²) in [6.07, 6.45) is 6.36. The average molecular weight is 203 g/mol. The molecule has 0 atom stereocenters. The van der Waals surface area contributed by atoms with E-state index in [9.17, 15) is 0 Å². The molecule has 15 heavy (non-hydrogen) atoms. The Hall–Kier alpha value is -1.02. The maximum absolute atomic E-state index is 6.28. The van der Waals surface area contributed by atoms with Crippen LogP contribution in [0.4, 0.5) is 0 Å². The Kier molecular flexibility index (Phi) is 1.99. The second-order valence-corrected chi connectivity index (χ2v) is 4.85. The Morgan fingerprint density at radius 3 is 2.67 bits per heavy atom. The van der Waals surface area contributed by atoms with Crippen LogP contribution in [0.15, 0.2) is 24.3 Å². The van der Waals surface area contributed by atoms with Crippen LogP contribution in [0.5, 0.6) is 5.75 Å². The number of ether oxygens (including phenoxy) is 1. The van der Waals surface area contributed by atoms with Gasteiger partial charge in [0.1, 0.15) is 5.75 Å². The summed E-state index contributed by atoms with van der Waals surface area (Å²) in [5.74, 6) is 0.992. The molecule has 80 valence electrons. The van der Waals surface area contributed by atoms with Gasteiger partial charge in [-0.3, -0.25) is 0 Å². The number of rotatable bonds is 3. The van der Waals surface area contributed by atoms with E-state index in [0.717, 1.165) is 18.6 Å². The summed E-state index contributed by atoms with van der Waals surface area (Å²) in [6.45, 7) is 0. The molecule has 2 aliphatic carbocycles. The molecule has 1 aromatic carbocycles. The molecule has 0 bridgehead atoms. The van der Waals surface area contributed by atoms with E-state index in [2.05, 4.69) is 18.2 Å². The summed E-state index contributed by atoms with van der Waals surface area (Å²) in [7, 11) is 0. The predicted molar refractivity (Wildman–Crippen MR) is 59.8 cm³/mol. The molecule has 2 N–H and O–H groups in total. The van der Waals surface area contributed by atoms with Crippen molar-refractivity contribution >= 4 is 0 Å². The third-order valence-electron chi connectivity index (χ3n) is 3.48. The lowest BCUT2D eigenvalue weighted by atomic mass is 9.73. The molecule has 0 spiro atoms. The Labute approximate surface area is 90.4 Å². The molecule has 2 heteroatoms. The summed E-state index contributed by atoms with van der Waals surface area (Å²) in [4.78, 5) is 0. The van der Waals surface area contributed by atoms with Gasteiger partial charge in [-0.15, -0.1) is 0 Å². The zero-order valence-electron chi connectivity index (χ0n) is 8.91. The van der Waals surface area contributed by atoms with Gasteiger partial charge in [0.15, 0.2) is 0 Å². The number of hydrogen-bond donors (Lipinski definition) is 1. The average Bonchev–Trinajstić information content (AvgIpc) is 2.98. The van der Waals surface area contributed by atoms with Gasteiger partial charge in [-0.25, -0.2) is 0 Å². The minimum Gasteiger partial charge on any atom is -0.490 e. The van der Waals surface area contributed by atoms with Gasteiger partial charge >= 0.3 is 0 Å². The lowest BCUT2D eigenvalue weighted by Gasteiger charge is -2.38. The van der Waals surface area contributed by atoms with Gasteiger partial charge in [-0.2, -0.15) is 0 Å². The fourth-order valence-electron chi connectivity index (χ4n) is 2.10. The summed E-state index contributed by atoms with van der Waals surface area (Å²) >= 11 is 0. The van der Waals surface area contributed by atoms with Gasteiger partial charge < -0.3 is 10.5 Å². The predicted octanol–water partition coefficient (Wildman–Crippen LogP) is 2.57. The molecule has 3 rings (SSSR count). The van der Waals surface area contributed by atoms with Gasteiger partial charge in [-0.05, 0) is 49.8 Å². The molecular weight excluding hydrogens is 186 g/mol. The van der Waals surface area contributed by atoms with Gasteiger partial charge in [0.2, 0.25) is 0 Å². The van der Waals surface area contributed by atoms with E-state index in [-0.39, 0.29) is 5.54 Å². The first-order chi connectivity index (χ1) is 7.26. The summed E-state index contributed by atoms with van der Waals surface area (Å²) in [6, 6.07) is 8.33. The van der Waals surface area contributed by atoms with Crippen molar-refractivity contribution in [2.45, 2.75) is 43.7 Å². The fraction of sp³-hybridized carbons (Fsp3) is 0.538. The molecule has 0 heterocycles. The van der Waals surface area contributed by atoms with Crippen molar-refractivity contribution in [2.24, 2.45) is 5.73 Å². The summed E-state index contributed by atoms with van der Waals surface area (Å²) < 4.78 is 5.77. The first kappa shape index (κ1) is 9.22. The molecule has 1 aromatic rings. The summed E-state index contributed by atoms with van der Waals surface area (Å²) in [5, 5.41) is 0. The molecule has 0 unspecified atom stereocenters. The summed E-state index contributed by atoms with van der Waals surface area (Å²) in [5.41, 5.74) is 7.46. The largest absolute Gasteiger partial charge is 0.490 e. The lowest BCUT2D eigenvalue weighted by Crippen LogP contribution is -2.43. The fourth-order valence-corrected chi connectivity index (χ4v) is 2.10. The van der Waals surface area contributed by atoms with Crippen LogP contribution in [0.2, 0.25) is 0 Å². The van der Waals surface area contributed by atoms with E-state index in [1.54, 1.807) is 0 Å². The van der Waals surface area contributed by atoms with Crippen LogP contribution < -0.4 is 10.5 Å². The maximum atomic E-state index is 6.28. The molecule has 2 fully saturated rings. The molecular formula is C13H17NO. The molecule has 0 amide bonds. The molecule has 2 saturated carbocycles. The Morgan fingerprint density at radius 2 is 2.07 bits per heavy atom. The standard InChI is InChI=1S/C13H17NO/c14-13(7-2-8-13)10-3-1-4-12(9-10)15-11-5-6-11/h1,3-4,9,11H,2,5-8,14H2. The van der Waals surface area contributed by atoms with Crippen LogP contribution in [0, 0.1) is 0 Å². The lowest BCUT2D eigenvalue weighted by molar-refractivity contribution is 0.250. The van der Waals surface area contributed by atoms with Crippen molar-refractivity contribution in [1.29, 1.82) is 0 Å². The molecule has 0 saturated heterocycles. The number of nitrogens with two attached hydrogens (primary N) is 1. The second kappa shape index (κ2) is 3.24. The van der Waals surface area contributed by atoms with Crippen LogP contribution in [-0.2, 0) is 5.54 Å². The smallest absolute Gasteiger partial charge is 0.120 e. The zero-order chi connectivity index (χ0) is 10.3. The number of hydrogen-bond acceptors (Lipinski definition) is 2. The van der Waals surface area contributed by atoms with E-state index in [4.69, 9.17) is 10.5 Å². The monoisotopic (exact) mass is 203 g/mol. The van der Waals surface area contributed by atoms with E-state index >= 15 is 0 Å². The van der Waals surface area contributed by atoms with Crippen molar-refractivity contribution in [2.75, 3.05) is 0 Å². The minimum atomic E-state index is -0.0665. The topological polar surface area (TPSA) is 35.2 Å². The second-order valence-electron chi connectivity index (χ2n) is 4.85. The Balaban J connectivity index is 1.81. The Bertz CT molecular complexity index is 367. The normalized spacial score (nSPS) is 23.3. The van der Waals surface area contributed by atoms with Crippen molar-refractivity contribution < 1.29 is 4.74 Å². The van der Waals surface area contributed by atoms with Crippen LogP contribution in [0.3, 0.4) is 0 Å². The highest BCUT2D eigenvalue weighted by Gasteiger charge is 2.34. The van der Waals surface area contributed by atoms with E-state index < -0.39 is 0 Å². The van der Waals surface area contributed by atoms with Crippen LogP contribution in [0.25, 0.3) is 0 Å². The zero-order valence-corrected chi connectivity index (χ0v) is 8.91. The molecule has 0 aliphatic heterocycles. The Morgan fingerprint density at radius 1 is 1.27 bits per heavy atom. The van der Waals surface area contributed by atoms with Crippen LogP contribution >= 0.6 is 0 Å². The van der Waals surface area contributed by atoms with Gasteiger partial charge in [0, 0.05) is 5.54 Å². The molecule has 2 nitrogen and oxygen atoms in total. The van der Waals surface area contributed by atoms with Crippen LogP contribution in [-0.4, -0.2) is 6.10 Å². The van der Waals surface area contributed by atoms with E-state index in [1.807, 2.05) is 6.07 Å². The van der Waals surface area contributed by atoms with E-state index in [1.165, 1.54) is 24.8 Å². The first-order valence-corrected chi connectivity index (χ1v) is 5.82. The molecule has 2 aliphatic rings. The maximum Gasteiger partial charge on any atom is 0.120 e. The molecule has 0 aromatic heterocycles. The van der Waals surface area contributed by atoms with E-state index in [0.29, 0.717) is 6.10 Å². The van der Waals surface area contributed by atoms with Crippen molar-refractivity contribution in [3.05, 3.63) is 29.8 Å². The quantitative estimate of drug-likeness (QED) is 0.819. The highest BCUT2D eigenvalue weighted by Crippen LogP contribution is 2.40. The SMILES string of the molecule is NC1(c2cccc(OC3CC3)c2)CCC1. The van der Waals surface area contributed by atoms with Crippen LogP contribution in [0.1, 0.15) is 37.7 Å². The third kappa shape index (κ3) is 1.74. The van der Waals surface area contributed by atoms with Crippen molar-refractivity contribution in [3.63, 3.8) is 0 Å². The number of benzene rings is 1.